The van der Waals surface area contributed by atoms with Gasteiger partial charge in [-0.3, -0.25) is 4.79 Å². The zero-order valence-electron chi connectivity index (χ0n) is 36.7. The van der Waals surface area contributed by atoms with Gasteiger partial charge in [0.1, 0.15) is 19.8 Å². The largest absolute Gasteiger partial charge is 0.508 e. The van der Waals surface area contributed by atoms with Gasteiger partial charge in [0.05, 0.1) is 12.5 Å². The Balaban J connectivity index is 2.54. The molecular weight excluding hydrogens is 703 g/mol. The fourth-order valence-corrected chi connectivity index (χ4v) is 6.98. The van der Waals surface area contributed by atoms with Crippen molar-refractivity contribution >= 4 is 18.1 Å². The number of unbranched alkanes of at least 4 members (excludes halogenated alkanes) is 16. The Morgan fingerprint density at radius 2 is 1.09 bits per heavy atom. The number of hydrogen-bond donors (Lipinski definition) is 0. The second kappa shape index (κ2) is 37.9. The summed E-state index contributed by atoms with van der Waals surface area (Å²) in [7, 11) is 2.13. The van der Waals surface area contributed by atoms with E-state index in [0.717, 1.165) is 115 Å². The first-order chi connectivity index (χ1) is 27.4. The number of hydrogen-bond acceptors (Lipinski definition) is 8. The van der Waals surface area contributed by atoms with E-state index in [1.165, 1.54) is 70.6 Å². The molecular formula is C48H85NO7. The number of piperidine rings is 1. The lowest BCUT2D eigenvalue weighted by Crippen LogP contribution is -2.30. The number of ether oxygens (including phenoxy) is 4. The summed E-state index contributed by atoms with van der Waals surface area (Å²) in [6.07, 6.45) is 39.5. The number of carbonyl (C=O) groups is 3. The van der Waals surface area contributed by atoms with E-state index in [-0.39, 0.29) is 31.8 Å². The van der Waals surface area contributed by atoms with Crippen molar-refractivity contribution in [2.45, 2.75) is 194 Å². The highest BCUT2D eigenvalue weighted by atomic mass is 16.7. The SMILES string of the molecule is CCCCC/C=C\C/C=C\CCCCCCCC(=O)OCC(COC(=O)/C=C(\CCCCCC)CCCCCCCC)COC(=O)OCCC1CCN(C)CC1. The predicted molar refractivity (Wildman–Crippen MR) is 232 cm³/mol. The molecule has 1 aliphatic rings. The molecule has 1 unspecified atom stereocenters. The Morgan fingerprint density at radius 1 is 0.589 bits per heavy atom. The molecule has 8 heteroatoms. The summed E-state index contributed by atoms with van der Waals surface area (Å²) in [5.41, 5.74) is 1.14. The smallest absolute Gasteiger partial charge is 0.465 e. The average Bonchev–Trinajstić information content (AvgIpc) is 3.19. The van der Waals surface area contributed by atoms with Crippen molar-refractivity contribution in [1.82, 2.24) is 4.90 Å². The maximum atomic E-state index is 13.0. The van der Waals surface area contributed by atoms with Gasteiger partial charge >= 0.3 is 18.1 Å². The normalized spacial score (nSPS) is 14.8. The van der Waals surface area contributed by atoms with Gasteiger partial charge in [-0.15, -0.1) is 0 Å². The van der Waals surface area contributed by atoms with E-state index in [0.29, 0.717) is 18.9 Å². The number of nitrogens with zero attached hydrogens (tertiary/aromatic N) is 1. The molecule has 1 heterocycles. The third-order valence-corrected chi connectivity index (χ3v) is 10.8. The van der Waals surface area contributed by atoms with Crippen LogP contribution in [-0.2, 0) is 28.5 Å². The minimum Gasteiger partial charge on any atom is -0.465 e. The second-order valence-electron chi connectivity index (χ2n) is 16.2. The first-order valence-corrected chi connectivity index (χ1v) is 23.2. The Bertz CT molecular complexity index is 1050. The first-order valence-electron chi connectivity index (χ1n) is 23.2. The van der Waals surface area contributed by atoms with E-state index < -0.39 is 12.1 Å². The zero-order chi connectivity index (χ0) is 40.7. The lowest BCUT2D eigenvalue weighted by atomic mass is 9.94. The molecule has 1 fully saturated rings. The lowest BCUT2D eigenvalue weighted by Gasteiger charge is -2.28. The third kappa shape index (κ3) is 32.5. The van der Waals surface area contributed by atoms with Gasteiger partial charge in [0.25, 0.3) is 0 Å². The van der Waals surface area contributed by atoms with E-state index in [2.05, 4.69) is 57.0 Å². The Labute approximate surface area is 344 Å². The molecule has 0 bridgehead atoms. The Hall–Kier alpha value is -2.61. The van der Waals surface area contributed by atoms with Crippen LogP contribution in [0.15, 0.2) is 36.0 Å². The first kappa shape index (κ1) is 51.4. The number of esters is 2. The summed E-state index contributed by atoms with van der Waals surface area (Å²) in [6, 6.07) is 0. The van der Waals surface area contributed by atoms with Crippen LogP contribution < -0.4 is 0 Å². The van der Waals surface area contributed by atoms with Gasteiger partial charge in [0.15, 0.2) is 0 Å². The molecule has 56 heavy (non-hydrogen) atoms. The number of carbonyl (C=O) groups excluding carboxylic acids is 3. The monoisotopic (exact) mass is 788 g/mol. The summed E-state index contributed by atoms with van der Waals surface area (Å²) < 4.78 is 22.1. The lowest BCUT2D eigenvalue weighted by molar-refractivity contribution is -0.148. The third-order valence-electron chi connectivity index (χ3n) is 10.8. The van der Waals surface area contributed by atoms with Crippen LogP contribution in [-0.4, -0.2) is 69.6 Å². The molecule has 1 saturated heterocycles. The van der Waals surface area contributed by atoms with E-state index in [1.807, 2.05) is 0 Å². The molecule has 0 aromatic heterocycles. The summed E-state index contributed by atoms with van der Waals surface area (Å²) in [4.78, 5) is 40.5. The summed E-state index contributed by atoms with van der Waals surface area (Å²) in [6.45, 7) is 9.08. The Kier molecular flexibility index (Phi) is 34.8. The summed E-state index contributed by atoms with van der Waals surface area (Å²) in [5, 5.41) is 0. The molecule has 0 amide bonds. The molecule has 0 aromatic rings. The van der Waals surface area contributed by atoms with Gasteiger partial charge in [-0.05, 0) is 110 Å². The van der Waals surface area contributed by atoms with Crippen LogP contribution in [0.25, 0.3) is 0 Å². The van der Waals surface area contributed by atoms with Gasteiger partial charge < -0.3 is 23.8 Å². The second-order valence-corrected chi connectivity index (χ2v) is 16.2. The van der Waals surface area contributed by atoms with Gasteiger partial charge in [0.2, 0.25) is 0 Å². The van der Waals surface area contributed by atoms with Crippen molar-refractivity contribution in [3.8, 4) is 0 Å². The van der Waals surface area contributed by atoms with Crippen LogP contribution in [0.2, 0.25) is 0 Å². The van der Waals surface area contributed by atoms with Crippen molar-refractivity contribution in [3.05, 3.63) is 36.0 Å². The highest BCUT2D eigenvalue weighted by molar-refractivity contribution is 5.82. The molecule has 1 atom stereocenters. The quantitative estimate of drug-likeness (QED) is 0.0204. The van der Waals surface area contributed by atoms with Crippen LogP contribution in [0.3, 0.4) is 0 Å². The standard InChI is InChI=1S/C48H85NO7/c1-5-8-11-14-16-17-18-19-20-21-22-23-24-26-29-32-46(50)54-40-45(42-56-48(52)53-38-35-43-33-36-49(4)37-34-43)41-55-47(51)39-44(30-27-13-10-7-3)31-28-25-15-12-9-6-2/h16-17,19-20,39,43,45H,5-15,18,21-38,40-42H2,1-4H3/b17-16-,20-19-,44-39+. The highest BCUT2D eigenvalue weighted by Gasteiger charge is 2.20. The van der Waals surface area contributed by atoms with Crippen LogP contribution in [0.1, 0.15) is 194 Å². The van der Waals surface area contributed by atoms with E-state index in [4.69, 9.17) is 18.9 Å². The van der Waals surface area contributed by atoms with Crippen molar-refractivity contribution in [2.75, 3.05) is 46.6 Å². The average molecular weight is 788 g/mol. The molecule has 324 valence electrons. The van der Waals surface area contributed by atoms with Gasteiger partial charge in [-0.25, -0.2) is 9.59 Å². The van der Waals surface area contributed by atoms with E-state index in [9.17, 15) is 14.4 Å². The van der Waals surface area contributed by atoms with E-state index >= 15 is 0 Å². The fraction of sp³-hybridized carbons (Fsp3) is 0.812. The van der Waals surface area contributed by atoms with Crippen LogP contribution in [0, 0.1) is 11.8 Å². The minimum atomic E-state index is -0.737. The van der Waals surface area contributed by atoms with Crippen molar-refractivity contribution in [2.24, 2.45) is 11.8 Å². The maximum Gasteiger partial charge on any atom is 0.508 e. The number of allylic oxidation sites excluding steroid dienone is 5. The minimum absolute atomic E-state index is 0.00465. The van der Waals surface area contributed by atoms with Gasteiger partial charge in [0, 0.05) is 12.5 Å². The molecule has 1 rings (SSSR count). The van der Waals surface area contributed by atoms with Gasteiger partial charge in [-0.2, -0.15) is 0 Å². The van der Waals surface area contributed by atoms with Crippen LogP contribution in [0.4, 0.5) is 4.79 Å². The van der Waals surface area contributed by atoms with Gasteiger partial charge in [-0.1, -0.05) is 134 Å². The van der Waals surface area contributed by atoms with Crippen molar-refractivity contribution < 1.29 is 33.3 Å². The molecule has 0 aromatic carbocycles. The van der Waals surface area contributed by atoms with Crippen molar-refractivity contribution in [1.29, 1.82) is 0 Å². The summed E-state index contributed by atoms with van der Waals surface area (Å²) in [5.74, 6) is -0.589. The van der Waals surface area contributed by atoms with E-state index in [1.54, 1.807) is 6.08 Å². The molecule has 0 saturated carbocycles. The predicted octanol–water partition coefficient (Wildman–Crippen LogP) is 13.0. The number of rotatable bonds is 36. The van der Waals surface area contributed by atoms with Crippen molar-refractivity contribution in [3.63, 3.8) is 0 Å². The fourth-order valence-electron chi connectivity index (χ4n) is 6.98. The van der Waals surface area contributed by atoms with Crippen LogP contribution >= 0.6 is 0 Å². The highest BCUT2D eigenvalue weighted by Crippen LogP contribution is 2.20. The zero-order valence-corrected chi connectivity index (χ0v) is 36.7. The molecule has 0 spiro atoms. The molecule has 0 aliphatic carbocycles. The topological polar surface area (TPSA) is 91.4 Å². The molecule has 0 N–H and O–H groups in total. The molecule has 8 nitrogen and oxygen atoms in total. The molecule has 0 radical (unpaired) electrons. The molecule has 1 aliphatic heterocycles. The summed E-state index contributed by atoms with van der Waals surface area (Å²) >= 11 is 0. The Morgan fingerprint density at radius 3 is 1.73 bits per heavy atom. The number of likely N-dealkylation sites (tertiary alicyclic amines) is 1. The van der Waals surface area contributed by atoms with Crippen LogP contribution in [0.5, 0.6) is 0 Å². The maximum absolute atomic E-state index is 13.0.